The highest BCUT2D eigenvalue weighted by atomic mass is 19.4. The van der Waals surface area contributed by atoms with E-state index in [-0.39, 0.29) is 19.1 Å². The van der Waals surface area contributed by atoms with E-state index < -0.39 is 17.4 Å². The minimum atomic E-state index is -4.50. The maximum Gasteiger partial charge on any atom is 0.449 e. The number of hydrogen-bond acceptors (Lipinski definition) is 5. The average molecular weight is 415 g/mol. The standard InChI is InChI=1S/C22H16F3NO4/c23-22(24,25)20-6-5-13(30-20)9-26-10-21(14-3-1-2-4-16(14)26)11-27-17-8-19-18(7-15(17)21)28-12-29-19/h1-8H,9-12H2. The molecule has 6 rings (SSSR count). The SMILES string of the molecule is FC(F)(F)c1ccc(CN2CC3(COc4cc5c(cc43)OCO5)c3ccccc32)o1. The minimum Gasteiger partial charge on any atom is -0.492 e. The van der Waals surface area contributed by atoms with Gasteiger partial charge in [-0.15, -0.1) is 0 Å². The molecule has 1 unspecified atom stereocenters. The quantitative estimate of drug-likeness (QED) is 0.606. The molecule has 0 fully saturated rings. The van der Waals surface area contributed by atoms with Crippen molar-refractivity contribution in [1.29, 1.82) is 0 Å². The zero-order valence-electron chi connectivity index (χ0n) is 15.7. The number of furan rings is 1. The first-order valence-corrected chi connectivity index (χ1v) is 9.51. The van der Waals surface area contributed by atoms with Crippen LogP contribution in [-0.2, 0) is 18.1 Å². The number of halogens is 3. The summed E-state index contributed by atoms with van der Waals surface area (Å²) in [7, 11) is 0. The average Bonchev–Trinajstić information content (AvgIpc) is 3.49. The maximum atomic E-state index is 12.9. The molecule has 1 aromatic heterocycles. The van der Waals surface area contributed by atoms with Crippen molar-refractivity contribution in [2.75, 3.05) is 24.8 Å². The second-order valence-corrected chi connectivity index (χ2v) is 7.71. The summed E-state index contributed by atoms with van der Waals surface area (Å²) < 4.78 is 60.9. The van der Waals surface area contributed by atoms with Crippen LogP contribution >= 0.6 is 0 Å². The third kappa shape index (κ3) is 2.42. The normalized spacial score (nSPS) is 21.1. The van der Waals surface area contributed by atoms with Crippen LogP contribution in [0.25, 0.3) is 0 Å². The fourth-order valence-corrected chi connectivity index (χ4v) is 4.64. The molecule has 0 amide bonds. The second-order valence-electron chi connectivity index (χ2n) is 7.71. The van der Waals surface area contributed by atoms with E-state index in [1.165, 1.54) is 6.07 Å². The van der Waals surface area contributed by atoms with Crippen molar-refractivity contribution in [2.45, 2.75) is 18.1 Å². The third-order valence-electron chi connectivity index (χ3n) is 5.97. The van der Waals surface area contributed by atoms with Gasteiger partial charge in [0.1, 0.15) is 18.1 Å². The van der Waals surface area contributed by atoms with E-state index in [1.807, 2.05) is 41.3 Å². The summed E-state index contributed by atoms with van der Waals surface area (Å²) >= 11 is 0. The van der Waals surface area contributed by atoms with E-state index in [4.69, 9.17) is 18.6 Å². The van der Waals surface area contributed by atoms with E-state index >= 15 is 0 Å². The highest BCUT2D eigenvalue weighted by Gasteiger charge is 2.50. The molecule has 0 saturated heterocycles. The van der Waals surface area contributed by atoms with Crippen molar-refractivity contribution in [3.8, 4) is 17.2 Å². The number of fused-ring (bicyclic) bond motifs is 5. The molecular weight excluding hydrogens is 399 g/mol. The summed E-state index contributed by atoms with van der Waals surface area (Å²) in [6.07, 6.45) is -4.50. The topological polar surface area (TPSA) is 44.1 Å². The first-order valence-electron chi connectivity index (χ1n) is 9.51. The largest absolute Gasteiger partial charge is 0.492 e. The van der Waals surface area contributed by atoms with Crippen LogP contribution in [0.1, 0.15) is 22.6 Å². The molecule has 3 aliphatic heterocycles. The van der Waals surface area contributed by atoms with Gasteiger partial charge in [0.25, 0.3) is 0 Å². The van der Waals surface area contributed by atoms with E-state index in [1.54, 1.807) is 0 Å². The van der Waals surface area contributed by atoms with Gasteiger partial charge < -0.3 is 23.5 Å². The number of ether oxygens (including phenoxy) is 3. The summed E-state index contributed by atoms with van der Waals surface area (Å²) in [5.41, 5.74) is 2.59. The molecule has 0 N–H and O–H groups in total. The zero-order valence-corrected chi connectivity index (χ0v) is 15.7. The van der Waals surface area contributed by atoms with Gasteiger partial charge >= 0.3 is 6.18 Å². The van der Waals surface area contributed by atoms with Crippen molar-refractivity contribution in [3.63, 3.8) is 0 Å². The molecule has 3 aliphatic rings. The Labute approximate surface area is 169 Å². The number of para-hydroxylation sites is 1. The van der Waals surface area contributed by atoms with Crippen molar-refractivity contribution >= 4 is 5.69 Å². The van der Waals surface area contributed by atoms with Gasteiger partial charge in [-0.25, -0.2) is 0 Å². The van der Waals surface area contributed by atoms with Crippen molar-refractivity contribution in [3.05, 3.63) is 71.2 Å². The van der Waals surface area contributed by atoms with Crippen LogP contribution in [-0.4, -0.2) is 19.9 Å². The second kappa shape index (κ2) is 5.87. The molecule has 1 spiro atoms. The van der Waals surface area contributed by atoms with Gasteiger partial charge in [0.15, 0.2) is 11.5 Å². The fraction of sp³-hybridized carbons (Fsp3) is 0.273. The van der Waals surface area contributed by atoms with E-state index in [9.17, 15) is 13.2 Å². The van der Waals surface area contributed by atoms with Crippen LogP contribution in [0.2, 0.25) is 0 Å². The predicted molar refractivity (Wildman–Crippen MR) is 100 cm³/mol. The third-order valence-corrected chi connectivity index (χ3v) is 5.97. The van der Waals surface area contributed by atoms with Gasteiger partial charge in [-0.1, -0.05) is 18.2 Å². The smallest absolute Gasteiger partial charge is 0.449 e. The number of hydrogen-bond donors (Lipinski definition) is 0. The number of anilines is 1. The lowest BCUT2D eigenvalue weighted by atomic mass is 9.77. The maximum absolute atomic E-state index is 12.9. The van der Waals surface area contributed by atoms with Crippen LogP contribution in [0.3, 0.4) is 0 Å². The van der Waals surface area contributed by atoms with Gasteiger partial charge in [0, 0.05) is 23.9 Å². The summed E-state index contributed by atoms with van der Waals surface area (Å²) in [4.78, 5) is 2.04. The van der Waals surface area contributed by atoms with Crippen LogP contribution in [0, 0.1) is 0 Å². The summed E-state index contributed by atoms with van der Waals surface area (Å²) in [5.74, 6) is 1.36. The molecule has 0 radical (unpaired) electrons. The number of nitrogens with zero attached hydrogens (tertiary/aromatic N) is 1. The first kappa shape index (κ1) is 17.6. The minimum absolute atomic E-state index is 0.175. The number of alkyl halides is 3. The predicted octanol–water partition coefficient (Wildman–Crippen LogP) is 4.73. The number of rotatable bonds is 2. The molecule has 8 heteroatoms. The lowest BCUT2D eigenvalue weighted by molar-refractivity contribution is -0.153. The Bertz CT molecular complexity index is 1160. The molecule has 3 aromatic rings. The molecule has 5 nitrogen and oxygen atoms in total. The fourth-order valence-electron chi connectivity index (χ4n) is 4.64. The summed E-state index contributed by atoms with van der Waals surface area (Å²) in [5, 5.41) is 0. The zero-order chi connectivity index (χ0) is 20.5. The van der Waals surface area contributed by atoms with E-state index in [0.717, 1.165) is 28.6 Å². The molecule has 1 atom stereocenters. The van der Waals surface area contributed by atoms with E-state index in [0.29, 0.717) is 24.7 Å². The molecule has 4 heterocycles. The van der Waals surface area contributed by atoms with Crippen molar-refractivity contribution in [1.82, 2.24) is 0 Å². The lowest BCUT2D eigenvalue weighted by Crippen LogP contribution is -2.35. The Morgan fingerprint density at radius 3 is 2.50 bits per heavy atom. The molecular formula is C22H16F3NO4. The Morgan fingerprint density at radius 1 is 0.900 bits per heavy atom. The molecule has 154 valence electrons. The lowest BCUT2D eigenvalue weighted by Gasteiger charge is -2.24. The highest BCUT2D eigenvalue weighted by molar-refractivity contribution is 5.70. The summed E-state index contributed by atoms with van der Waals surface area (Å²) in [6, 6.07) is 14.1. The van der Waals surface area contributed by atoms with Crippen molar-refractivity contribution in [2.24, 2.45) is 0 Å². The van der Waals surface area contributed by atoms with Crippen LogP contribution in [0.5, 0.6) is 17.2 Å². The van der Waals surface area contributed by atoms with Gasteiger partial charge in [0.05, 0.1) is 12.0 Å². The Hall–Kier alpha value is -3.29. The van der Waals surface area contributed by atoms with Crippen molar-refractivity contribution < 1.29 is 31.8 Å². The summed E-state index contributed by atoms with van der Waals surface area (Å²) in [6.45, 7) is 1.40. The molecule has 0 bridgehead atoms. The van der Waals surface area contributed by atoms with Gasteiger partial charge in [-0.3, -0.25) is 0 Å². The van der Waals surface area contributed by atoms with Crippen LogP contribution < -0.4 is 19.1 Å². The molecule has 0 saturated carbocycles. The Kier molecular flexibility index (Phi) is 3.44. The Balaban J connectivity index is 1.39. The molecule has 30 heavy (non-hydrogen) atoms. The van der Waals surface area contributed by atoms with Gasteiger partial charge in [0.2, 0.25) is 12.6 Å². The van der Waals surface area contributed by atoms with Gasteiger partial charge in [-0.05, 0) is 29.8 Å². The first-order chi connectivity index (χ1) is 14.4. The van der Waals surface area contributed by atoms with Crippen LogP contribution in [0.4, 0.5) is 18.9 Å². The molecule has 2 aromatic carbocycles. The highest BCUT2D eigenvalue weighted by Crippen LogP contribution is 2.54. The van der Waals surface area contributed by atoms with E-state index in [2.05, 4.69) is 0 Å². The number of benzene rings is 2. The Morgan fingerprint density at radius 2 is 1.70 bits per heavy atom. The monoisotopic (exact) mass is 415 g/mol. The van der Waals surface area contributed by atoms with Gasteiger partial charge in [-0.2, -0.15) is 13.2 Å². The van der Waals surface area contributed by atoms with Crippen LogP contribution in [0.15, 0.2) is 52.9 Å². The molecule has 0 aliphatic carbocycles.